The van der Waals surface area contributed by atoms with Crippen molar-refractivity contribution in [2.24, 2.45) is 46.3 Å². The Kier molecular flexibility index (Phi) is 5.55. The van der Waals surface area contributed by atoms with Crippen molar-refractivity contribution in [3.8, 4) is 6.07 Å². The molecule has 8 unspecified atom stereocenters. The molecule has 0 aromatic heterocycles. The van der Waals surface area contributed by atoms with E-state index < -0.39 is 0 Å². The van der Waals surface area contributed by atoms with Crippen molar-refractivity contribution in [3.05, 3.63) is 0 Å². The predicted octanol–water partition coefficient (Wildman–Crippen LogP) is 5.80. The van der Waals surface area contributed by atoms with Crippen LogP contribution in [-0.4, -0.2) is 12.2 Å². The lowest BCUT2D eigenvalue weighted by Crippen LogP contribution is -2.54. The Morgan fingerprint density at radius 1 is 0.880 bits per heavy atom. The minimum absolute atomic E-state index is 0.341. The summed E-state index contributed by atoms with van der Waals surface area (Å²) in [4.78, 5) is 0. The van der Waals surface area contributed by atoms with Gasteiger partial charge in [-0.2, -0.15) is 5.26 Å². The lowest BCUT2D eigenvalue weighted by molar-refractivity contribution is -0.124. The van der Waals surface area contributed by atoms with Gasteiger partial charge in [-0.15, -0.1) is 0 Å². The first-order valence-electron chi connectivity index (χ1n) is 10.9. The molecule has 0 amide bonds. The molecule has 4 fully saturated rings. The van der Waals surface area contributed by atoms with Gasteiger partial charge in [-0.25, -0.2) is 0 Å². The molecule has 2 heteroatoms. The van der Waals surface area contributed by atoms with E-state index in [-0.39, 0.29) is 0 Å². The fourth-order valence-corrected chi connectivity index (χ4v) is 8.28. The second-order valence-electron chi connectivity index (χ2n) is 9.93. The number of nitrogens with zero attached hydrogens (tertiary/aromatic N) is 1. The maximum absolute atomic E-state index is 9.62. The summed E-state index contributed by atoms with van der Waals surface area (Å²) >= 11 is 0. The quantitative estimate of drug-likeness (QED) is 0.652. The summed E-state index contributed by atoms with van der Waals surface area (Å²) in [6, 6.07) is 2.68. The number of hydrogen-bond donors (Lipinski definition) is 1. The molecule has 25 heavy (non-hydrogen) atoms. The topological polar surface area (TPSA) is 44.0 Å². The zero-order valence-electron chi connectivity index (χ0n) is 16.9. The molecule has 4 rings (SSSR count). The Morgan fingerprint density at radius 2 is 1.56 bits per heavy atom. The molecule has 4 saturated carbocycles. The molecule has 4 aliphatic carbocycles. The normalized spacial score (nSPS) is 51.2. The van der Waals surface area contributed by atoms with Crippen LogP contribution in [0.5, 0.6) is 0 Å². The van der Waals surface area contributed by atoms with Crippen LogP contribution in [0.3, 0.4) is 0 Å². The lowest BCUT2D eigenvalue weighted by Gasteiger charge is -2.61. The number of fused-ring (bicyclic) bond motifs is 5. The second-order valence-corrected chi connectivity index (χ2v) is 9.93. The Hall–Kier alpha value is -0.550. The molecular weight excluding hydrogens is 306 g/mol. The van der Waals surface area contributed by atoms with Crippen LogP contribution >= 0.6 is 0 Å². The molecule has 4 aliphatic rings. The summed E-state index contributed by atoms with van der Waals surface area (Å²) in [6.45, 7) is 7.57. The van der Waals surface area contributed by atoms with Crippen molar-refractivity contribution in [2.45, 2.75) is 85.0 Å². The molecule has 0 radical (unpaired) electrons. The molecule has 0 heterocycles. The van der Waals surface area contributed by atoms with Gasteiger partial charge in [0.2, 0.25) is 0 Å². The number of aliphatic hydroxyl groups is 1. The zero-order valence-corrected chi connectivity index (χ0v) is 16.9. The van der Waals surface area contributed by atoms with E-state index in [1.54, 1.807) is 0 Å². The maximum Gasteiger partial charge on any atom is 0.0661 e. The molecule has 142 valence electrons. The molecule has 0 aromatic rings. The van der Waals surface area contributed by atoms with Crippen LogP contribution in [0.4, 0.5) is 0 Å². The van der Waals surface area contributed by atoms with Crippen molar-refractivity contribution in [1.82, 2.24) is 0 Å². The van der Waals surface area contributed by atoms with Gasteiger partial charge >= 0.3 is 0 Å². The molecule has 0 saturated heterocycles. The minimum atomic E-state index is 0.341. The van der Waals surface area contributed by atoms with Crippen LogP contribution < -0.4 is 0 Å². The van der Waals surface area contributed by atoms with Gasteiger partial charge < -0.3 is 5.11 Å². The van der Waals surface area contributed by atoms with Gasteiger partial charge in [-0.1, -0.05) is 40.0 Å². The zero-order chi connectivity index (χ0) is 18.2. The highest BCUT2D eigenvalue weighted by molar-refractivity contribution is 5.12. The number of aliphatic hydroxyl groups excluding tert-OH is 1. The van der Waals surface area contributed by atoms with Crippen LogP contribution in [0, 0.1) is 57.7 Å². The van der Waals surface area contributed by atoms with E-state index in [0.29, 0.717) is 16.7 Å². The lowest BCUT2D eigenvalue weighted by atomic mass is 9.43. The monoisotopic (exact) mass is 345 g/mol. The number of rotatable bonds is 1. The second kappa shape index (κ2) is 7.22. The Morgan fingerprint density at radius 3 is 2.24 bits per heavy atom. The van der Waals surface area contributed by atoms with E-state index in [2.05, 4.69) is 26.8 Å². The number of nitriles is 1. The van der Waals surface area contributed by atoms with Gasteiger partial charge in [0, 0.05) is 7.11 Å². The SMILES string of the molecule is CCC1CCCC2(C)C1CCC1C3CCC(C#N)C3(C)CCC12.CO. The molecule has 8 atom stereocenters. The van der Waals surface area contributed by atoms with Crippen LogP contribution in [0.25, 0.3) is 0 Å². The van der Waals surface area contributed by atoms with Gasteiger partial charge in [0.15, 0.2) is 0 Å². The van der Waals surface area contributed by atoms with Crippen molar-refractivity contribution in [1.29, 1.82) is 5.26 Å². The third-order valence-electron chi connectivity index (χ3n) is 9.48. The van der Waals surface area contributed by atoms with Crippen LogP contribution in [0.2, 0.25) is 0 Å². The first kappa shape index (κ1) is 19.2. The fourth-order valence-electron chi connectivity index (χ4n) is 8.28. The summed E-state index contributed by atoms with van der Waals surface area (Å²) in [5.74, 6) is 5.09. The Labute approximate surface area is 155 Å². The highest BCUT2D eigenvalue weighted by Crippen LogP contribution is 2.68. The third-order valence-corrected chi connectivity index (χ3v) is 9.48. The van der Waals surface area contributed by atoms with Crippen molar-refractivity contribution in [2.75, 3.05) is 7.11 Å². The standard InChI is InChI=1S/C22H35N.CH4O/c1-4-15-6-5-12-22(3)18(15)10-8-17-19-9-7-16(14-23)21(19,2)13-11-20(17)22;1-2/h15-20H,4-13H2,1-3H3;2H,1H3. The summed E-state index contributed by atoms with van der Waals surface area (Å²) in [5, 5.41) is 16.6. The molecule has 2 nitrogen and oxygen atoms in total. The summed E-state index contributed by atoms with van der Waals surface area (Å²) in [5.41, 5.74) is 0.964. The van der Waals surface area contributed by atoms with E-state index >= 15 is 0 Å². The van der Waals surface area contributed by atoms with Crippen molar-refractivity contribution in [3.63, 3.8) is 0 Å². The van der Waals surface area contributed by atoms with E-state index in [0.717, 1.165) is 36.7 Å². The first-order chi connectivity index (χ1) is 12.0. The molecular formula is C23H39NO. The molecule has 0 bridgehead atoms. The maximum atomic E-state index is 9.62. The molecule has 0 spiro atoms. The smallest absolute Gasteiger partial charge is 0.0661 e. The summed E-state index contributed by atoms with van der Waals surface area (Å²) in [6.07, 6.45) is 14.1. The van der Waals surface area contributed by atoms with Crippen LogP contribution in [0.1, 0.15) is 85.0 Å². The molecule has 1 N–H and O–H groups in total. The van der Waals surface area contributed by atoms with Crippen molar-refractivity contribution >= 4 is 0 Å². The van der Waals surface area contributed by atoms with E-state index in [4.69, 9.17) is 5.11 Å². The molecule has 0 aromatic carbocycles. The highest BCUT2D eigenvalue weighted by atomic mass is 16.2. The average Bonchev–Trinajstić information content (AvgIpc) is 2.98. The summed E-state index contributed by atoms with van der Waals surface area (Å²) < 4.78 is 0. The van der Waals surface area contributed by atoms with Crippen LogP contribution in [-0.2, 0) is 0 Å². The number of hydrogen-bond acceptors (Lipinski definition) is 2. The molecule has 0 aliphatic heterocycles. The van der Waals surface area contributed by atoms with Gasteiger partial charge in [-0.3, -0.25) is 0 Å². The van der Waals surface area contributed by atoms with Crippen molar-refractivity contribution < 1.29 is 5.11 Å². The largest absolute Gasteiger partial charge is 0.400 e. The summed E-state index contributed by atoms with van der Waals surface area (Å²) in [7, 11) is 1.00. The van der Waals surface area contributed by atoms with Crippen LogP contribution in [0.15, 0.2) is 0 Å². The van der Waals surface area contributed by atoms with Gasteiger partial charge in [0.25, 0.3) is 0 Å². The van der Waals surface area contributed by atoms with Gasteiger partial charge in [0.05, 0.1) is 12.0 Å². The van der Waals surface area contributed by atoms with Gasteiger partial charge in [-0.05, 0) is 85.4 Å². The Bertz CT molecular complexity index is 511. The van der Waals surface area contributed by atoms with E-state index in [1.165, 1.54) is 64.2 Å². The average molecular weight is 346 g/mol. The predicted molar refractivity (Wildman–Crippen MR) is 103 cm³/mol. The fraction of sp³-hybridized carbons (Fsp3) is 0.957. The highest BCUT2D eigenvalue weighted by Gasteiger charge is 2.60. The first-order valence-corrected chi connectivity index (χ1v) is 10.9. The Balaban J connectivity index is 0.000000880. The third kappa shape index (κ3) is 2.77. The van der Waals surface area contributed by atoms with E-state index in [9.17, 15) is 5.26 Å². The minimum Gasteiger partial charge on any atom is -0.400 e. The van der Waals surface area contributed by atoms with E-state index in [1.807, 2.05) is 0 Å². The van der Waals surface area contributed by atoms with Gasteiger partial charge in [0.1, 0.15) is 0 Å².